The van der Waals surface area contributed by atoms with Crippen LogP contribution >= 0.6 is 0 Å². The van der Waals surface area contributed by atoms with E-state index >= 15 is 0 Å². The fraction of sp³-hybridized carbons (Fsp3) is 0.562. The maximum Gasteiger partial charge on any atom is 0.573 e. The maximum absolute atomic E-state index is 12.1. The average Bonchev–Trinajstić information content (AvgIpc) is 3.01. The zero-order chi connectivity index (χ0) is 17.4. The summed E-state index contributed by atoms with van der Waals surface area (Å²) in [5, 5.41) is 2.81. The first-order valence-corrected chi connectivity index (χ1v) is 7.97. The van der Waals surface area contributed by atoms with E-state index in [4.69, 9.17) is 10.5 Å². The second kappa shape index (κ2) is 8.77. The fourth-order valence-electron chi connectivity index (χ4n) is 2.50. The molecule has 1 aliphatic carbocycles. The van der Waals surface area contributed by atoms with Crippen LogP contribution in [0.2, 0.25) is 0 Å². The Balaban J connectivity index is 1.67. The van der Waals surface area contributed by atoms with Gasteiger partial charge in [-0.1, -0.05) is 12.8 Å². The summed E-state index contributed by atoms with van der Waals surface area (Å²) < 4.78 is 45.7. The lowest BCUT2D eigenvalue weighted by molar-refractivity contribution is -0.274. The van der Waals surface area contributed by atoms with Crippen molar-refractivity contribution in [3.63, 3.8) is 0 Å². The zero-order valence-corrected chi connectivity index (χ0v) is 13.3. The normalized spacial score (nSPS) is 16.4. The number of anilines is 1. The molecular weight excluding hydrogens is 323 g/mol. The highest BCUT2D eigenvalue weighted by Gasteiger charge is 2.30. The van der Waals surface area contributed by atoms with Crippen molar-refractivity contribution in [3.8, 4) is 5.75 Å². The van der Waals surface area contributed by atoms with Crippen LogP contribution in [-0.2, 0) is 4.74 Å². The minimum absolute atomic E-state index is 0.209. The quantitative estimate of drug-likeness (QED) is 0.449. The van der Waals surface area contributed by atoms with Gasteiger partial charge in [0.05, 0.1) is 6.10 Å². The molecule has 0 aliphatic heterocycles. The number of hydrogen-bond acceptors (Lipinski definition) is 3. The summed E-state index contributed by atoms with van der Waals surface area (Å²) in [4.78, 5) is 4.16. The third-order valence-corrected chi connectivity index (χ3v) is 3.60. The molecule has 0 amide bonds. The molecule has 0 radical (unpaired) electrons. The van der Waals surface area contributed by atoms with Gasteiger partial charge in [0.1, 0.15) is 5.75 Å². The predicted octanol–water partition coefficient (Wildman–Crippen LogP) is 3.66. The first kappa shape index (κ1) is 18.4. The van der Waals surface area contributed by atoms with Gasteiger partial charge in [0, 0.05) is 18.8 Å². The predicted molar refractivity (Wildman–Crippen MR) is 86.1 cm³/mol. The number of aliphatic imine (C=N–C) groups is 1. The lowest BCUT2D eigenvalue weighted by Gasteiger charge is -2.11. The summed E-state index contributed by atoms with van der Waals surface area (Å²) in [6.45, 7) is 1.19. The number of halogens is 3. The molecule has 1 aromatic carbocycles. The second-order valence-corrected chi connectivity index (χ2v) is 5.59. The molecule has 0 spiro atoms. The fourth-order valence-corrected chi connectivity index (χ4v) is 2.50. The third kappa shape index (κ3) is 7.08. The van der Waals surface area contributed by atoms with E-state index in [1.54, 1.807) is 0 Å². The number of rotatable bonds is 7. The Bertz CT molecular complexity index is 526. The summed E-state index contributed by atoms with van der Waals surface area (Å²) in [7, 11) is 0. The Morgan fingerprint density at radius 3 is 2.50 bits per heavy atom. The van der Waals surface area contributed by atoms with E-state index in [1.807, 2.05) is 0 Å². The summed E-state index contributed by atoms with van der Waals surface area (Å²) in [6, 6.07) is 5.29. The van der Waals surface area contributed by atoms with Crippen molar-refractivity contribution in [1.82, 2.24) is 0 Å². The first-order valence-electron chi connectivity index (χ1n) is 7.97. The maximum atomic E-state index is 12.1. The van der Waals surface area contributed by atoms with Gasteiger partial charge >= 0.3 is 6.36 Å². The van der Waals surface area contributed by atoms with E-state index in [2.05, 4.69) is 15.0 Å². The topological polar surface area (TPSA) is 68.9 Å². The zero-order valence-electron chi connectivity index (χ0n) is 13.3. The summed E-state index contributed by atoms with van der Waals surface area (Å²) >= 11 is 0. The Labute approximate surface area is 139 Å². The van der Waals surface area contributed by atoms with Crippen LogP contribution in [0.5, 0.6) is 5.75 Å². The van der Waals surface area contributed by atoms with Crippen LogP contribution in [0.1, 0.15) is 32.1 Å². The minimum Gasteiger partial charge on any atom is -0.406 e. The van der Waals surface area contributed by atoms with Crippen LogP contribution in [-0.4, -0.2) is 31.6 Å². The monoisotopic (exact) mass is 345 g/mol. The summed E-state index contributed by atoms with van der Waals surface area (Å²) in [5.74, 6) is -0.0759. The molecule has 1 saturated carbocycles. The van der Waals surface area contributed by atoms with Crippen molar-refractivity contribution >= 4 is 11.6 Å². The highest BCUT2D eigenvalue weighted by molar-refractivity contribution is 5.92. The van der Waals surface area contributed by atoms with Gasteiger partial charge in [0.15, 0.2) is 5.96 Å². The average molecular weight is 345 g/mol. The SMILES string of the molecule is NC(=NCCCOC1CCCC1)Nc1ccc(OC(F)(F)F)cc1. The summed E-state index contributed by atoms with van der Waals surface area (Å²) in [6.07, 6.45) is 1.23. The van der Waals surface area contributed by atoms with Crippen LogP contribution < -0.4 is 15.8 Å². The standard InChI is InChI=1S/C16H22F3N3O2/c17-16(18,19)24-14-8-6-12(7-9-14)22-15(20)21-10-3-11-23-13-4-1-2-5-13/h6-9,13H,1-5,10-11H2,(H3,20,21,22). The van der Waals surface area contributed by atoms with Crippen molar-refractivity contribution in [2.75, 3.05) is 18.5 Å². The smallest absolute Gasteiger partial charge is 0.406 e. The molecule has 134 valence electrons. The van der Waals surface area contributed by atoms with E-state index in [1.165, 1.54) is 37.1 Å². The second-order valence-electron chi connectivity index (χ2n) is 5.59. The van der Waals surface area contributed by atoms with Crippen molar-refractivity contribution < 1.29 is 22.6 Å². The molecule has 2 rings (SSSR count). The largest absolute Gasteiger partial charge is 0.573 e. The third-order valence-electron chi connectivity index (χ3n) is 3.60. The molecule has 0 aromatic heterocycles. The lowest BCUT2D eigenvalue weighted by Crippen LogP contribution is -2.23. The molecule has 1 aliphatic rings. The van der Waals surface area contributed by atoms with Crippen LogP contribution in [0.25, 0.3) is 0 Å². The van der Waals surface area contributed by atoms with Gasteiger partial charge in [0.2, 0.25) is 0 Å². The highest BCUT2D eigenvalue weighted by Crippen LogP contribution is 2.24. The molecule has 5 nitrogen and oxygen atoms in total. The number of nitrogens with two attached hydrogens (primary N) is 1. The molecule has 3 N–H and O–H groups in total. The van der Waals surface area contributed by atoms with Gasteiger partial charge in [-0.25, -0.2) is 0 Å². The molecule has 0 bridgehead atoms. The molecule has 0 heterocycles. The van der Waals surface area contributed by atoms with Crippen LogP contribution in [0.4, 0.5) is 18.9 Å². The van der Waals surface area contributed by atoms with Crippen molar-refractivity contribution in [2.45, 2.75) is 44.6 Å². The van der Waals surface area contributed by atoms with E-state index in [-0.39, 0.29) is 11.7 Å². The first-order chi connectivity index (χ1) is 11.4. The van der Waals surface area contributed by atoms with Crippen molar-refractivity contribution in [3.05, 3.63) is 24.3 Å². The van der Waals surface area contributed by atoms with E-state index in [0.717, 1.165) is 19.3 Å². The van der Waals surface area contributed by atoms with Gasteiger partial charge in [0.25, 0.3) is 0 Å². The van der Waals surface area contributed by atoms with Gasteiger partial charge in [-0.05, 0) is 43.5 Å². The lowest BCUT2D eigenvalue weighted by atomic mass is 10.3. The molecule has 24 heavy (non-hydrogen) atoms. The minimum atomic E-state index is -4.70. The van der Waals surface area contributed by atoms with Crippen molar-refractivity contribution in [1.29, 1.82) is 0 Å². The van der Waals surface area contributed by atoms with Gasteiger partial charge in [-0.2, -0.15) is 0 Å². The van der Waals surface area contributed by atoms with Gasteiger partial charge < -0.3 is 20.5 Å². The molecule has 0 saturated heterocycles. The van der Waals surface area contributed by atoms with Crippen LogP contribution in [0.15, 0.2) is 29.3 Å². The van der Waals surface area contributed by atoms with E-state index in [0.29, 0.717) is 24.9 Å². The molecular formula is C16H22F3N3O2. The Morgan fingerprint density at radius 2 is 1.88 bits per heavy atom. The molecule has 1 aromatic rings. The Kier molecular flexibility index (Phi) is 6.72. The summed E-state index contributed by atoms with van der Waals surface area (Å²) in [5.41, 5.74) is 6.27. The Hall–Kier alpha value is -1.96. The molecule has 0 atom stereocenters. The molecule has 0 unspecified atom stereocenters. The number of ether oxygens (including phenoxy) is 2. The number of alkyl halides is 3. The Morgan fingerprint density at radius 1 is 1.21 bits per heavy atom. The van der Waals surface area contributed by atoms with E-state index < -0.39 is 6.36 Å². The van der Waals surface area contributed by atoms with E-state index in [9.17, 15) is 13.2 Å². The number of guanidine groups is 1. The van der Waals surface area contributed by atoms with Crippen LogP contribution in [0, 0.1) is 0 Å². The number of nitrogens with one attached hydrogen (secondary N) is 1. The van der Waals surface area contributed by atoms with Crippen LogP contribution in [0.3, 0.4) is 0 Å². The highest BCUT2D eigenvalue weighted by atomic mass is 19.4. The number of hydrogen-bond donors (Lipinski definition) is 2. The number of nitrogens with zero attached hydrogens (tertiary/aromatic N) is 1. The van der Waals surface area contributed by atoms with Gasteiger partial charge in [-0.3, -0.25) is 4.99 Å². The number of benzene rings is 1. The molecule has 1 fully saturated rings. The van der Waals surface area contributed by atoms with Gasteiger partial charge in [-0.15, -0.1) is 13.2 Å². The molecule has 8 heteroatoms. The van der Waals surface area contributed by atoms with Crippen molar-refractivity contribution in [2.24, 2.45) is 10.7 Å².